The summed E-state index contributed by atoms with van der Waals surface area (Å²) in [6.45, 7) is 12.6. The zero-order valence-corrected chi connectivity index (χ0v) is 24.2. The molecule has 2 aliphatic heterocycles. The second-order valence-electron chi connectivity index (χ2n) is 11.9. The molecule has 2 aliphatic rings. The first-order chi connectivity index (χ1) is 19.7. The molecule has 1 spiro atoms. The number of rotatable bonds is 6. The number of aromatic nitrogens is 5. The SMILES string of the molecule is Cc1nc2c(F)cc(-c3nc(Nc4ccc(C(C)N5CCC6(CCNCC6)CC5)cn4)ncc3F)cc2n1C(C)C. The molecule has 41 heavy (non-hydrogen) atoms. The predicted molar refractivity (Wildman–Crippen MR) is 157 cm³/mol. The smallest absolute Gasteiger partial charge is 0.229 e. The second-order valence-corrected chi connectivity index (χ2v) is 11.9. The molecule has 2 N–H and O–H groups in total. The van der Waals surface area contributed by atoms with Gasteiger partial charge in [0.2, 0.25) is 5.95 Å². The van der Waals surface area contributed by atoms with Crippen LogP contribution in [0.2, 0.25) is 0 Å². The van der Waals surface area contributed by atoms with E-state index in [1.54, 1.807) is 6.07 Å². The van der Waals surface area contributed by atoms with E-state index in [9.17, 15) is 4.39 Å². The van der Waals surface area contributed by atoms with Gasteiger partial charge in [0, 0.05) is 23.8 Å². The lowest BCUT2D eigenvalue weighted by molar-refractivity contribution is 0.0538. The molecular formula is C31H38F2N8. The van der Waals surface area contributed by atoms with Gasteiger partial charge in [-0.15, -0.1) is 0 Å². The predicted octanol–water partition coefficient (Wildman–Crippen LogP) is 6.33. The normalized spacial score (nSPS) is 18.3. The second kappa shape index (κ2) is 11.1. The maximum atomic E-state index is 15.0. The van der Waals surface area contributed by atoms with E-state index >= 15 is 4.39 Å². The summed E-state index contributed by atoms with van der Waals surface area (Å²) in [7, 11) is 0. The zero-order chi connectivity index (χ0) is 28.7. The average Bonchev–Trinajstić information content (AvgIpc) is 3.31. The number of hydrogen-bond donors (Lipinski definition) is 2. The lowest BCUT2D eigenvalue weighted by Crippen LogP contribution is -2.46. The van der Waals surface area contributed by atoms with E-state index in [1.807, 2.05) is 37.6 Å². The van der Waals surface area contributed by atoms with Crippen molar-refractivity contribution < 1.29 is 8.78 Å². The molecule has 1 atom stereocenters. The number of likely N-dealkylation sites (tertiary alicyclic amines) is 1. The molecule has 2 fully saturated rings. The van der Waals surface area contributed by atoms with Crippen molar-refractivity contribution in [3.8, 4) is 11.3 Å². The van der Waals surface area contributed by atoms with Crippen LogP contribution in [0.3, 0.4) is 0 Å². The summed E-state index contributed by atoms with van der Waals surface area (Å²) in [5, 5.41) is 6.57. The van der Waals surface area contributed by atoms with Crippen molar-refractivity contribution in [3.05, 3.63) is 59.7 Å². The van der Waals surface area contributed by atoms with Crippen LogP contribution in [0.5, 0.6) is 0 Å². The van der Waals surface area contributed by atoms with Crippen LogP contribution >= 0.6 is 0 Å². The molecule has 3 aromatic heterocycles. The summed E-state index contributed by atoms with van der Waals surface area (Å²) in [6, 6.07) is 7.31. The Morgan fingerprint density at radius 2 is 1.68 bits per heavy atom. The molecule has 5 heterocycles. The summed E-state index contributed by atoms with van der Waals surface area (Å²) in [5.41, 5.74) is 2.88. The number of pyridine rings is 1. The van der Waals surface area contributed by atoms with Gasteiger partial charge in [0.25, 0.3) is 0 Å². The van der Waals surface area contributed by atoms with Gasteiger partial charge < -0.3 is 15.2 Å². The van der Waals surface area contributed by atoms with Gasteiger partial charge in [0.1, 0.15) is 22.9 Å². The number of hydrogen-bond acceptors (Lipinski definition) is 7. The molecule has 10 heteroatoms. The fourth-order valence-electron chi connectivity index (χ4n) is 6.58. The van der Waals surface area contributed by atoms with Gasteiger partial charge in [-0.2, -0.15) is 0 Å². The highest BCUT2D eigenvalue weighted by atomic mass is 19.1. The monoisotopic (exact) mass is 560 g/mol. The van der Waals surface area contributed by atoms with Crippen LogP contribution in [-0.4, -0.2) is 55.6 Å². The molecule has 4 aromatic rings. The summed E-state index contributed by atoms with van der Waals surface area (Å²) in [4.78, 5) is 20.0. The fraction of sp³-hybridized carbons (Fsp3) is 0.484. The Labute approximate surface area is 239 Å². The molecule has 1 unspecified atom stereocenters. The number of halogens is 2. The molecule has 0 amide bonds. The minimum atomic E-state index is -0.633. The Balaban J connectivity index is 1.18. The largest absolute Gasteiger partial charge is 0.326 e. The molecule has 6 rings (SSSR count). The number of nitrogens with one attached hydrogen (secondary N) is 2. The Hall–Kier alpha value is -3.50. The minimum absolute atomic E-state index is 0.0133. The van der Waals surface area contributed by atoms with Crippen molar-refractivity contribution in [1.29, 1.82) is 0 Å². The molecule has 216 valence electrons. The Morgan fingerprint density at radius 3 is 2.37 bits per heavy atom. The lowest BCUT2D eigenvalue weighted by Gasteiger charge is -2.46. The number of fused-ring (bicyclic) bond motifs is 1. The average molecular weight is 561 g/mol. The molecule has 1 aromatic carbocycles. The van der Waals surface area contributed by atoms with Crippen LogP contribution in [0.4, 0.5) is 20.5 Å². The van der Waals surface area contributed by atoms with E-state index in [0.29, 0.717) is 28.1 Å². The summed E-state index contributed by atoms with van der Waals surface area (Å²) in [6.07, 6.45) is 8.07. The number of anilines is 2. The van der Waals surface area contributed by atoms with E-state index in [2.05, 4.69) is 48.5 Å². The standard InChI is InChI=1S/C31H38F2N8/c1-19(2)41-21(4)37-29-24(32)15-23(16-26(29)41)28-25(33)18-36-30(39-28)38-27-6-5-22(17-35-27)20(3)40-13-9-31(10-14-40)7-11-34-12-8-31/h5-6,15-20,34H,7-14H2,1-4H3,(H,35,36,38,39). The first kappa shape index (κ1) is 27.7. The van der Waals surface area contributed by atoms with E-state index in [1.165, 1.54) is 31.7 Å². The maximum absolute atomic E-state index is 15.0. The highest BCUT2D eigenvalue weighted by molar-refractivity contribution is 5.83. The highest BCUT2D eigenvalue weighted by Crippen LogP contribution is 2.41. The molecular weight excluding hydrogens is 522 g/mol. The first-order valence-corrected chi connectivity index (χ1v) is 14.6. The third kappa shape index (κ3) is 5.42. The molecule has 8 nitrogen and oxygen atoms in total. The van der Waals surface area contributed by atoms with Crippen LogP contribution < -0.4 is 10.6 Å². The van der Waals surface area contributed by atoms with E-state index in [-0.39, 0.29) is 29.2 Å². The van der Waals surface area contributed by atoms with Crippen LogP contribution in [0, 0.1) is 24.0 Å². The minimum Gasteiger partial charge on any atom is -0.326 e. The highest BCUT2D eigenvalue weighted by Gasteiger charge is 2.36. The third-order valence-electron chi connectivity index (χ3n) is 9.04. The Kier molecular flexibility index (Phi) is 7.46. The quantitative estimate of drug-likeness (QED) is 0.285. The van der Waals surface area contributed by atoms with Gasteiger partial charge in [-0.3, -0.25) is 4.90 Å². The number of imidazole rings is 1. The first-order valence-electron chi connectivity index (χ1n) is 14.6. The Morgan fingerprint density at radius 1 is 0.927 bits per heavy atom. The molecule has 0 radical (unpaired) electrons. The van der Waals surface area contributed by atoms with Crippen LogP contribution in [0.1, 0.15) is 69.9 Å². The molecule has 0 saturated carbocycles. The Bertz CT molecular complexity index is 1530. The fourth-order valence-corrected chi connectivity index (χ4v) is 6.58. The van der Waals surface area contributed by atoms with E-state index < -0.39 is 11.6 Å². The van der Waals surface area contributed by atoms with Crippen molar-refractivity contribution in [2.45, 2.75) is 65.5 Å². The van der Waals surface area contributed by atoms with Crippen molar-refractivity contribution in [2.24, 2.45) is 5.41 Å². The van der Waals surface area contributed by atoms with Gasteiger partial charge in [0.05, 0.1) is 11.7 Å². The molecule has 0 aliphatic carbocycles. The van der Waals surface area contributed by atoms with Gasteiger partial charge >= 0.3 is 0 Å². The van der Waals surface area contributed by atoms with Crippen molar-refractivity contribution in [2.75, 3.05) is 31.5 Å². The van der Waals surface area contributed by atoms with E-state index in [0.717, 1.165) is 37.9 Å². The topological polar surface area (TPSA) is 83.8 Å². The third-order valence-corrected chi connectivity index (χ3v) is 9.04. The van der Waals surface area contributed by atoms with Crippen molar-refractivity contribution in [1.82, 2.24) is 34.7 Å². The summed E-state index contributed by atoms with van der Waals surface area (Å²) >= 11 is 0. The van der Waals surface area contributed by atoms with Crippen LogP contribution in [0.25, 0.3) is 22.3 Å². The van der Waals surface area contributed by atoms with E-state index in [4.69, 9.17) is 0 Å². The summed E-state index contributed by atoms with van der Waals surface area (Å²) in [5.74, 6) is 0.296. The van der Waals surface area contributed by atoms with Crippen LogP contribution in [-0.2, 0) is 0 Å². The van der Waals surface area contributed by atoms with Gasteiger partial charge in [-0.1, -0.05) is 6.07 Å². The zero-order valence-electron chi connectivity index (χ0n) is 24.2. The van der Waals surface area contributed by atoms with Crippen molar-refractivity contribution in [3.63, 3.8) is 0 Å². The molecule has 2 saturated heterocycles. The van der Waals surface area contributed by atoms with Gasteiger partial charge in [-0.05, 0) is 109 Å². The van der Waals surface area contributed by atoms with Crippen molar-refractivity contribution >= 4 is 22.8 Å². The number of nitrogens with zero attached hydrogens (tertiary/aromatic N) is 6. The number of piperidine rings is 2. The van der Waals surface area contributed by atoms with Gasteiger partial charge in [0.15, 0.2) is 11.6 Å². The summed E-state index contributed by atoms with van der Waals surface area (Å²) < 4.78 is 31.9. The maximum Gasteiger partial charge on any atom is 0.229 e. The number of aryl methyl sites for hydroxylation is 1. The molecule has 0 bridgehead atoms. The van der Waals surface area contributed by atoms with Gasteiger partial charge in [-0.25, -0.2) is 28.7 Å². The van der Waals surface area contributed by atoms with Crippen LogP contribution in [0.15, 0.2) is 36.7 Å². The number of benzene rings is 1. The lowest BCUT2D eigenvalue weighted by atomic mass is 9.71.